The first-order chi connectivity index (χ1) is 9.49. The summed E-state index contributed by atoms with van der Waals surface area (Å²) < 4.78 is 0. The zero-order valence-electron chi connectivity index (χ0n) is 12.2. The van der Waals surface area contributed by atoms with Gasteiger partial charge in [-0.15, -0.1) is 0 Å². The largest absolute Gasteiger partial charge is 0.399 e. The molecule has 0 aliphatic heterocycles. The van der Waals surface area contributed by atoms with Crippen molar-refractivity contribution in [2.24, 2.45) is 0 Å². The van der Waals surface area contributed by atoms with Gasteiger partial charge in [-0.05, 0) is 48.7 Å². The molecule has 0 saturated carbocycles. The Hall–Kier alpha value is -2.29. The molecule has 2 aromatic carbocycles. The van der Waals surface area contributed by atoms with E-state index in [0.717, 1.165) is 27.9 Å². The van der Waals surface area contributed by atoms with Crippen LogP contribution >= 0.6 is 0 Å². The van der Waals surface area contributed by atoms with Crippen molar-refractivity contribution in [3.63, 3.8) is 0 Å². The lowest BCUT2D eigenvalue weighted by Crippen LogP contribution is -2.27. The predicted molar refractivity (Wildman–Crippen MR) is 82.6 cm³/mol. The second kappa shape index (κ2) is 5.78. The molecule has 1 amide bonds. The van der Waals surface area contributed by atoms with Crippen LogP contribution in [0.4, 0.5) is 5.69 Å². The first-order valence-corrected chi connectivity index (χ1v) is 6.65. The molecule has 0 bridgehead atoms. The van der Waals surface area contributed by atoms with Crippen molar-refractivity contribution in [1.29, 1.82) is 0 Å². The van der Waals surface area contributed by atoms with Crippen molar-refractivity contribution in [3.05, 3.63) is 64.7 Å². The molecule has 0 saturated heterocycles. The fourth-order valence-electron chi connectivity index (χ4n) is 2.16. The average Bonchev–Trinajstić information content (AvgIpc) is 2.43. The van der Waals surface area contributed by atoms with Crippen LogP contribution < -0.4 is 5.73 Å². The molecule has 3 heteroatoms. The summed E-state index contributed by atoms with van der Waals surface area (Å²) in [6, 6.07) is 13.4. The number of amides is 1. The lowest BCUT2D eigenvalue weighted by Gasteiger charge is -2.19. The molecule has 0 atom stereocenters. The molecular weight excluding hydrogens is 248 g/mol. The predicted octanol–water partition coefficient (Wildman–Crippen LogP) is 3.16. The van der Waals surface area contributed by atoms with Gasteiger partial charge in [-0.1, -0.05) is 24.3 Å². The van der Waals surface area contributed by atoms with Crippen LogP contribution in [0.1, 0.15) is 27.0 Å². The van der Waals surface area contributed by atoms with Crippen molar-refractivity contribution in [2.75, 3.05) is 12.8 Å². The van der Waals surface area contributed by atoms with Gasteiger partial charge in [-0.25, -0.2) is 0 Å². The highest BCUT2D eigenvalue weighted by Crippen LogP contribution is 2.16. The van der Waals surface area contributed by atoms with Gasteiger partial charge in [0.05, 0.1) is 0 Å². The molecule has 3 nitrogen and oxygen atoms in total. The summed E-state index contributed by atoms with van der Waals surface area (Å²) in [5.41, 5.74) is 10.4. The van der Waals surface area contributed by atoms with Gasteiger partial charge in [0.25, 0.3) is 5.91 Å². The Bertz CT molecular complexity index is 617. The monoisotopic (exact) mass is 268 g/mol. The quantitative estimate of drug-likeness (QED) is 0.869. The van der Waals surface area contributed by atoms with Crippen LogP contribution in [0, 0.1) is 13.8 Å². The number of nitrogens with zero attached hydrogens (tertiary/aromatic N) is 1. The van der Waals surface area contributed by atoms with Crippen molar-refractivity contribution >= 4 is 11.6 Å². The summed E-state index contributed by atoms with van der Waals surface area (Å²) >= 11 is 0. The summed E-state index contributed by atoms with van der Waals surface area (Å²) in [4.78, 5) is 14.2. The van der Waals surface area contributed by atoms with Gasteiger partial charge in [0, 0.05) is 24.8 Å². The van der Waals surface area contributed by atoms with E-state index in [0.29, 0.717) is 6.54 Å². The third-order valence-electron chi connectivity index (χ3n) is 3.58. The van der Waals surface area contributed by atoms with Crippen molar-refractivity contribution in [1.82, 2.24) is 4.90 Å². The van der Waals surface area contributed by atoms with Gasteiger partial charge in [-0.3, -0.25) is 4.79 Å². The normalized spacial score (nSPS) is 10.3. The standard InChI is InChI=1S/C17H20N2O/c1-12-5-4-6-16(13(12)2)17(20)19(3)11-14-7-9-15(18)10-8-14/h4-10H,11,18H2,1-3H3. The zero-order valence-corrected chi connectivity index (χ0v) is 12.2. The van der Waals surface area contributed by atoms with Gasteiger partial charge in [-0.2, -0.15) is 0 Å². The Morgan fingerprint density at radius 1 is 1.10 bits per heavy atom. The maximum Gasteiger partial charge on any atom is 0.254 e. The summed E-state index contributed by atoms with van der Waals surface area (Å²) in [5, 5.41) is 0. The summed E-state index contributed by atoms with van der Waals surface area (Å²) in [7, 11) is 1.82. The molecule has 0 fully saturated rings. The summed E-state index contributed by atoms with van der Waals surface area (Å²) in [5.74, 6) is 0.0445. The van der Waals surface area contributed by atoms with Gasteiger partial charge >= 0.3 is 0 Å². The molecule has 2 rings (SSSR count). The zero-order chi connectivity index (χ0) is 14.7. The van der Waals surface area contributed by atoms with E-state index in [1.165, 1.54) is 0 Å². The number of carbonyl (C=O) groups excluding carboxylic acids is 1. The Morgan fingerprint density at radius 2 is 1.75 bits per heavy atom. The molecule has 0 heterocycles. The molecule has 20 heavy (non-hydrogen) atoms. The number of aryl methyl sites for hydroxylation is 1. The number of hydrogen-bond acceptors (Lipinski definition) is 2. The van der Waals surface area contributed by atoms with Crippen LogP contribution in [-0.2, 0) is 6.54 Å². The highest BCUT2D eigenvalue weighted by atomic mass is 16.2. The molecule has 0 aromatic heterocycles. The van der Waals surface area contributed by atoms with E-state index in [1.54, 1.807) is 4.90 Å². The average molecular weight is 268 g/mol. The molecule has 2 aromatic rings. The Morgan fingerprint density at radius 3 is 2.40 bits per heavy atom. The molecule has 0 unspecified atom stereocenters. The third-order valence-corrected chi connectivity index (χ3v) is 3.58. The van der Waals surface area contributed by atoms with Crippen LogP contribution in [0.2, 0.25) is 0 Å². The maximum atomic E-state index is 12.5. The molecule has 0 aliphatic carbocycles. The fourth-order valence-corrected chi connectivity index (χ4v) is 2.16. The first-order valence-electron chi connectivity index (χ1n) is 6.65. The maximum absolute atomic E-state index is 12.5. The Labute approximate surface area is 120 Å². The molecule has 2 N–H and O–H groups in total. The molecule has 0 spiro atoms. The number of anilines is 1. The van der Waals surface area contributed by atoms with Crippen molar-refractivity contribution in [3.8, 4) is 0 Å². The van der Waals surface area contributed by atoms with Crippen LogP contribution in [-0.4, -0.2) is 17.9 Å². The second-order valence-electron chi connectivity index (χ2n) is 5.15. The highest BCUT2D eigenvalue weighted by molar-refractivity contribution is 5.95. The minimum absolute atomic E-state index is 0.0445. The Kier molecular flexibility index (Phi) is 4.08. The summed E-state index contributed by atoms with van der Waals surface area (Å²) in [6.45, 7) is 4.58. The van der Waals surface area contributed by atoms with Crippen LogP contribution in [0.15, 0.2) is 42.5 Å². The SMILES string of the molecule is Cc1cccc(C(=O)N(C)Cc2ccc(N)cc2)c1C. The van der Waals surface area contributed by atoms with Crippen LogP contribution in [0.3, 0.4) is 0 Å². The lowest BCUT2D eigenvalue weighted by molar-refractivity contribution is 0.0784. The minimum atomic E-state index is 0.0445. The number of hydrogen-bond donors (Lipinski definition) is 1. The number of carbonyl (C=O) groups is 1. The smallest absolute Gasteiger partial charge is 0.254 e. The fraction of sp³-hybridized carbons (Fsp3) is 0.235. The van der Waals surface area contributed by atoms with Crippen LogP contribution in [0.25, 0.3) is 0 Å². The van der Waals surface area contributed by atoms with Gasteiger partial charge in [0.1, 0.15) is 0 Å². The van der Waals surface area contributed by atoms with Gasteiger partial charge in [0.2, 0.25) is 0 Å². The number of benzene rings is 2. The van der Waals surface area contributed by atoms with Crippen LogP contribution in [0.5, 0.6) is 0 Å². The minimum Gasteiger partial charge on any atom is -0.399 e. The third kappa shape index (κ3) is 2.99. The van der Waals surface area contributed by atoms with E-state index < -0.39 is 0 Å². The lowest BCUT2D eigenvalue weighted by atomic mass is 10.0. The second-order valence-corrected chi connectivity index (χ2v) is 5.15. The van der Waals surface area contributed by atoms with E-state index in [-0.39, 0.29) is 5.91 Å². The van der Waals surface area contributed by atoms with Gasteiger partial charge < -0.3 is 10.6 Å². The molecule has 0 radical (unpaired) electrons. The number of rotatable bonds is 3. The summed E-state index contributed by atoms with van der Waals surface area (Å²) in [6.07, 6.45) is 0. The molecular formula is C17H20N2O. The highest BCUT2D eigenvalue weighted by Gasteiger charge is 2.14. The Balaban J connectivity index is 2.16. The van der Waals surface area contributed by atoms with Crippen molar-refractivity contribution in [2.45, 2.75) is 20.4 Å². The number of nitrogen functional groups attached to an aromatic ring is 1. The van der Waals surface area contributed by atoms with E-state index in [1.807, 2.05) is 63.4 Å². The molecule has 104 valence electrons. The van der Waals surface area contributed by atoms with Crippen molar-refractivity contribution < 1.29 is 4.79 Å². The topological polar surface area (TPSA) is 46.3 Å². The first kappa shape index (κ1) is 14.1. The van der Waals surface area contributed by atoms with Gasteiger partial charge in [0.15, 0.2) is 0 Å². The number of nitrogens with two attached hydrogens (primary N) is 1. The van der Waals surface area contributed by atoms with E-state index in [4.69, 9.17) is 5.73 Å². The molecule has 0 aliphatic rings. The van der Waals surface area contributed by atoms with E-state index in [9.17, 15) is 4.79 Å². The van der Waals surface area contributed by atoms with E-state index in [2.05, 4.69) is 0 Å². The van der Waals surface area contributed by atoms with E-state index >= 15 is 0 Å².